The molecule has 0 unspecified atom stereocenters. The number of sulfone groups is 1. The zero-order valence-electron chi connectivity index (χ0n) is 11.9. The zero-order valence-corrected chi connectivity index (χ0v) is 12.7. The zero-order chi connectivity index (χ0) is 14.0. The fraction of sp³-hybridized carbons (Fsp3) is 0.667. The van der Waals surface area contributed by atoms with Crippen molar-refractivity contribution in [2.45, 2.75) is 52.0 Å². The molecule has 19 heavy (non-hydrogen) atoms. The summed E-state index contributed by atoms with van der Waals surface area (Å²) in [6.45, 7) is 2.74. The van der Waals surface area contributed by atoms with Gasteiger partial charge in [0.25, 0.3) is 0 Å². The Kier molecular flexibility index (Phi) is 7.72. The van der Waals surface area contributed by atoms with Crippen LogP contribution in [0, 0.1) is 0 Å². The van der Waals surface area contributed by atoms with Crippen LogP contribution in [-0.2, 0) is 16.4 Å². The lowest BCUT2D eigenvalue weighted by Gasteiger charge is -2.03. The van der Waals surface area contributed by atoms with E-state index in [4.69, 9.17) is 0 Å². The molecule has 1 aromatic heterocycles. The quantitative estimate of drug-likeness (QED) is 0.489. The number of pyridine rings is 1. The summed E-state index contributed by atoms with van der Waals surface area (Å²) in [6, 6.07) is 5.77. The minimum Gasteiger partial charge on any atom is -0.229 e. The summed E-state index contributed by atoms with van der Waals surface area (Å²) in [7, 11) is -2.89. The molecule has 0 atom stereocenters. The number of aryl methyl sites for hydroxylation is 1. The molecule has 0 N–H and O–H groups in total. The van der Waals surface area contributed by atoms with E-state index in [-0.39, 0.29) is 5.75 Å². The van der Waals surface area contributed by atoms with Crippen LogP contribution in [0.5, 0.6) is 0 Å². The van der Waals surface area contributed by atoms with E-state index in [0.717, 1.165) is 19.3 Å². The molecule has 0 fully saturated rings. The van der Waals surface area contributed by atoms with Gasteiger partial charge in [0, 0.05) is 12.1 Å². The van der Waals surface area contributed by atoms with Crippen LogP contribution in [0.1, 0.15) is 45.4 Å². The first-order chi connectivity index (χ1) is 9.14. The summed E-state index contributed by atoms with van der Waals surface area (Å²) >= 11 is 0. The molecule has 108 valence electrons. The third kappa shape index (κ3) is 7.98. The molecule has 1 heterocycles. The Balaban J connectivity index is 2.17. The highest BCUT2D eigenvalue weighted by Crippen LogP contribution is 2.06. The monoisotopic (exact) mass is 284 g/mol. The highest BCUT2D eigenvalue weighted by atomic mass is 32.2. The van der Waals surface area contributed by atoms with E-state index in [2.05, 4.69) is 6.92 Å². The van der Waals surface area contributed by atoms with Crippen LogP contribution in [0.3, 0.4) is 0 Å². The second-order valence-electron chi connectivity index (χ2n) is 5.03. The predicted molar refractivity (Wildman–Crippen MR) is 78.7 cm³/mol. The highest BCUT2D eigenvalue weighted by Gasteiger charge is 2.13. The SMILES string of the molecule is CCCCCCCCS(=O)(=O)CC[n+]1ccccc1. The smallest absolute Gasteiger partial charge is 0.168 e. The first-order valence-corrected chi connectivity index (χ1v) is 9.11. The lowest BCUT2D eigenvalue weighted by Crippen LogP contribution is -2.36. The van der Waals surface area contributed by atoms with Gasteiger partial charge >= 0.3 is 0 Å². The van der Waals surface area contributed by atoms with Gasteiger partial charge in [0.2, 0.25) is 0 Å². The van der Waals surface area contributed by atoms with Crippen LogP contribution < -0.4 is 4.57 Å². The molecule has 0 saturated carbocycles. The molecule has 0 aromatic carbocycles. The first-order valence-electron chi connectivity index (χ1n) is 7.28. The molecular formula is C15H26NO2S+. The number of hydrogen-bond donors (Lipinski definition) is 0. The average Bonchev–Trinajstić information content (AvgIpc) is 2.42. The van der Waals surface area contributed by atoms with Crippen LogP contribution in [0.2, 0.25) is 0 Å². The van der Waals surface area contributed by atoms with Crippen molar-refractivity contribution in [2.75, 3.05) is 11.5 Å². The van der Waals surface area contributed by atoms with E-state index in [0.29, 0.717) is 12.3 Å². The molecule has 3 nitrogen and oxygen atoms in total. The molecule has 0 aliphatic heterocycles. The van der Waals surface area contributed by atoms with Crippen LogP contribution in [-0.4, -0.2) is 19.9 Å². The van der Waals surface area contributed by atoms with Crippen LogP contribution in [0.25, 0.3) is 0 Å². The maximum absolute atomic E-state index is 11.9. The maximum Gasteiger partial charge on any atom is 0.168 e. The second kappa shape index (κ2) is 9.08. The largest absolute Gasteiger partial charge is 0.229 e. The Labute approximate surface area is 117 Å². The summed E-state index contributed by atoms with van der Waals surface area (Å²) in [5.41, 5.74) is 0. The number of aromatic nitrogens is 1. The Morgan fingerprint density at radius 2 is 1.47 bits per heavy atom. The molecule has 1 aromatic rings. The maximum atomic E-state index is 11.9. The van der Waals surface area contributed by atoms with E-state index in [1.165, 1.54) is 19.3 Å². The Hall–Kier alpha value is -0.900. The van der Waals surface area contributed by atoms with Gasteiger partial charge in [0.1, 0.15) is 5.75 Å². The molecule has 0 radical (unpaired) electrons. The minimum atomic E-state index is -2.89. The second-order valence-corrected chi connectivity index (χ2v) is 7.34. The van der Waals surface area contributed by atoms with Gasteiger partial charge in [-0.25, -0.2) is 13.0 Å². The Bertz CT molecular complexity index is 429. The van der Waals surface area contributed by atoms with E-state index in [1.54, 1.807) is 0 Å². The molecule has 0 aliphatic carbocycles. The van der Waals surface area contributed by atoms with Gasteiger partial charge in [-0.3, -0.25) is 0 Å². The lowest BCUT2D eigenvalue weighted by molar-refractivity contribution is -0.692. The third-order valence-electron chi connectivity index (χ3n) is 3.25. The third-order valence-corrected chi connectivity index (χ3v) is 4.96. The summed E-state index contributed by atoms with van der Waals surface area (Å²) in [5.74, 6) is 0.586. The number of nitrogens with zero attached hydrogens (tertiary/aromatic N) is 1. The fourth-order valence-electron chi connectivity index (χ4n) is 2.03. The molecule has 0 spiro atoms. The van der Waals surface area contributed by atoms with Gasteiger partial charge in [-0.2, -0.15) is 0 Å². The van der Waals surface area contributed by atoms with Crippen LogP contribution in [0.4, 0.5) is 0 Å². The highest BCUT2D eigenvalue weighted by molar-refractivity contribution is 7.91. The standard InChI is InChI=1S/C15H26NO2S/c1-2-3-4-5-6-10-14-19(17,18)15-13-16-11-8-7-9-12-16/h7-9,11-12H,2-6,10,13-15H2,1H3/q+1. The van der Waals surface area contributed by atoms with Crippen molar-refractivity contribution in [2.24, 2.45) is 0 Å². The summed E-state index contributed by atoms with van der Waals surface area (Å²) in [6.07, 6.45) is 10.5. The average molecular weight is 284 g/mol. The minimum absolute atomic E-state index is 0.247. The molecular weight excluding hydrogens is 258 g/mol. The van der Waals surface area contributed by atoms with Gasteiger partial charge in [0.05, 0.1) is 5.75 Å². The summed E-state index contributed by atoms with van der Waals surface area (Å²) < 4.78 is 25.7. The number of unbranched alkanes of at least 4 members (excludes halogenated alkanes) is 5. The van der Waals surface area contributed by atoms with Gasteiger partial charge < -0.3 is 0 Å². The molecule has 0 aliphatic rings. The number of hydrogen-bond acceptors (Lipinski definition) is 2. The normalized spacial score (nSPS) is 11.6. The number of rotatable bonds is 10. The van der Waals surface area contributed by atoms with Gasteiger partial charge in [0.15, 0.2) is 28.8 Å². The van der Waals surface area contributed by atoms with Crippen molar-refractivity contribution in [3.8, 4) is 0 Å². The van der Waals surface area contributed by atoms with Crippen molar-refractivity contribution in [3.63, 3.8) is 0 Å². The van der Waals surface area contributed by atoms with Crippen molar-refractivity contribution < 1.29 is 13.0 Å². The Morgan fingerprint density at radius 1 is 0.842 bits per heavy atom. The van der Waals surface area contributed by atoms with E-state index < -0.39 is 9.84 Å². The predicted octanol–water partition coefficient (Wildman–Crippen LogP) is 2.75. The van der Waals surface area contributed by atoms with Gasteiger partial charge in [-0.1, -0.05) is 45.1 Å². The Morgan fingerprint density at radius 3 is 2.16 bits per heavy atom. The van der Waals surface area contributed by atoms with E-state index in [1.807, 2.05) is 35.2 Å². The lowest BCUT2D eigenvalue weighted by atomic mass is 10.1. The van der Waals surface area contributed by atoms with Crippen LogP contribution >= 0.6 is 0 Å². The molecule has 0 bridgehead atoms. The molecule has 0 amide bonds. The molecule has 0 saturated heterocycles. The topological polar surface area (TPSA) is 38.0 Å². The van der Waals surface area contributed by atoms with Crippen molar-refractivity contribution in [1.29, 1.82) is 0 Å². The van der Waals surface area contributed by atoms with Crippen molar-refractivity contribution in [3.05, 3.63) is 30.6 Å². The van der Waals surface area contributed by atoms with Crippen LogP contribution in [0.15, 0.2) is 30.6 Å². The van der Waals surface area contributed by atoms with Gasteiger partial charge in [-0.05, 0) is 6.42 Å². The fourth-order valence-corrected chi connectivity index (χ4v) is 3.37. The van der Waals surface area contributed by atoms with Crippen molar-refractivity contribution in [1.82, 2.24) is 0 Å². The van der Waals surface area contributed by atoms with E-state index >= 15 is 0 Å². The molecule has 1 rings (SSSR count). The molecule has 4 heteroatoms. The first kappa shape index (κ1) is 16.2. The van der Waals surface area contributed by atoms with E-state index in [9.17, 15) is 8.42 Å². The summed E-state index contributed by atoms with van der Waals surface area (Å²) in [4.78, 5) is 0. The van der Waals surface area contributed by atoms with Crippen molar-refractivity contribution >= 4 is 9.84 Å². The van der Waals surface area contributed by atoms with Gasteiger partial charge in [-0.15, -0.1) is 0 Å². The summed E-state index contributed by atoms with van der Waals surface area (Å²) in [5, 5.41) is 0.